The smallest absolute Gasteiger partial charge is 0.224 e. The molecule has 0 bridgehead atoms. The summed E-state index contributed by atoms with van der Waals surface area (Å²) in [5.74, 6) is -0.420. The van der Waals surface area contributed by atoms with E-state index >= 15 is 0 Å². The van der Waals surface area contributed by atoms with Crippen LogP contribution < -0.4 is 0 Å². The van der Waals surface area contributed by atoms with Crippen LogP contribution in [-0.2, 0) is 9.09 Å². The van der Waals surface area contributed by atoms with E-state index in [0.717, 1.165) is 0 Å². The van der Waals surface area contributed by atoms with Crippen molar-refractivity contribution in [1.29, 1.82) is 5.26 Å². The van der Waals surface area contributed by atoms with Gasteiger partial charge in [0.25, 0.3) is 0 Å². The van der Waals surface area contributed by atoms with E-state index in [-0.39, 0.29) is 6.61 Å². The van der Waals surface area contributed by atoms with Crippen LogP contribution in [-0.4, -0.2) is 24.7 Å². The maximum Gasteiger partial charge on any atom is 0.224 e. The molecule has 0 aliphatic rings. The van der Waals surface area contributed by atoms with Crippen LogP contribution in [0.5, 0.6) is 0 Å². The van der Waals surface area contributed by atoms with Gasteiger partial charge in [-0.25, -0.2) is 0 Å². The van der Waals surface area contributed by atoms with Crippen LogP contribution in [0.15, 0.2) is 17.5 Å². The highest BCUT2D eigenvalue weighted by Gasteiger charge is 2.36. The number of carbonyl (C=O) groups is 1. The number of ketones is 1. The Morgan fingerprint density at radius 3 is 2.88 bits per heavy atom. The zero-order valence-electron chi connectivity index (χ0n) is 9.04. The molecule has 6 heteroatoms. The van der Waals surface area contributed by atoms with Crippen molar-refractivity contribution < 1.29 is 13.9 Å². The minimum atomic E-state index is -3.20. The lowest BCUT2D eigenvalue weighted by molar-refractivity contribution is 0.1000. The fourth-order valence-electron chi connectivity index (χ4n) is 1.26. The average Bonchev–Trinajstić information content (AvgIpc) is 2.70. The van der Waals surface area contributed by atoms with Crippen LogP contribution in [0.2, 0.25) is 0 Å². The van der Waals surface area contributed by atoms with E-state index in [1.54, 1.807) is 30.5 Å². The highest BCUT2D eigenvalue weighted by molar-refractivity contribution is 7.60. The number of thiophene rings is 1. The first kappa shape index (κ1) is 13.1. The van der Waals surface area contributed by atoms with Gasteiger partial charge in [-0.05, 0) is 18.4 Å². The van der Waals surface area contributed by atoms with Gasteiger partial charge < -0.3 is 4.52 Å². The van der Waals surface area contributed by atoms with Crippen molar-refractivity contribution in [1.82, 2.24) is 0 Å². The third kappa shape index (κ3) is 2.79. The first-order valence-corrected chi connectivity index (χ1v) is 7.74. The molecule has 0 unspecified atom stereocenters. The Morgan fingerprint density at radius 1 is 1.75 bits per heavy atom. The van der Waals surface area contributed by atoms with Crippen LogP contribution in [0, 0.1) is 11.3 Å². The number of Topliss-reactive ketones (excluding diaryl/α,β-unsaturated/α-hetero) is 1. The van der Waals surface area contributed by atoms with Crippen LogP contribution in [0.1, 0.15) is 16.6 Å². The second kappa shape index (κ2) is 5.40. The molecule has 4 nitrogen and oxygen atoms in total. The predicted octanol–water partition coefficient (Wildman–Crippen LogP) is 2.77. The van der Waals surface area contributed by atoms with E-state index in [4.69, 9.17) is 9.79 Å². The Morgan fingerprint density at radius 2 is 2.44 bits per heavy atom. The second-order valence-electron chi connectivity index (χ2n) is 3.20. The minimum Gasteiger partial charge on any atom is -0.328 e. The molecule has 2 atom stereocenters. The van der Waals surface area contributed by atoms with Gasteiger partial charge in [0.15, 0.2) is 11.4 Å². The summed E-state index contributed by atoms with van der Waals surface area (Å²) >= 11 is 1.23. The lowest BCUT2D eigenvalue weighted by Crippen LogP contribution is -2.19. The Labute approximate surface area is 98.3 Å². The molecule has 1 rings (SSSR count). The maximum atomic E-state index is 12.0. The number of nitriles is 1. The topological polar surface area (TPSA) is 67.2 Å². The maximum absolute atomic E-state index is 12.0. The van der Waals surface area contributed by atoms with Gasteiger partial charge in [-0.2, -0.15) is 5.26 Å². The number of rotatable bonds is 5. The molecule has 0 radical (unpaired) electrons. The van der Waals surface area contributed by atoms with Crippen molar-refractivity contribution in [3.05, 3.63) is 22.4 Å². The van der Waals surface area contributed by atoms with Crippen molar-refractivity contribution >= 4 is 24.5 Å². The number of carbonyl (C=O) groups excluding carboxylic acids is 1. The van der Waals surface area contributed by atoms with Gasteiger partial charge in [0.05, 0.1) is 17.6 Å². The molecule has 16 heavy (non-hydrogen) atoms. The van der Waals surface area contributed by atoms with Gasteiger partial charge in [0, 0.05) is 6.66 Å². The van der Waals surface area contributed by atoms with Crippen molar-refractivity contribution in [2.24, 2.45) is 0 Å². The molecule has 0 spiro atoms. The lowest BCUT2D eigenvalue weighted by atomic mass is 10.2. The third-order valence-corrected chi connectivity index (χ3v) is 4.93. The van der Waals surface area contributed by atoms with Crippen molar-refractivity contribution in [2.45, 2.75) is 12.6 Å². The fourth-order valence-corrected chi connectivity index (χ4v) is 3.48. The SMILES string of the molecule is CCO[P@@](C)(=O)[C@@H](C#N)C(=O)c1cccs1. The van der Waals surface area contributed by atoms with Gasteiger partial charge in [0.2, 0.25) is 7.37 Å². The molecule has 0 saturated heterocycles. The van der Waals surface area contributed by atoms with Gasteiger partial charge in [-0.15, -0.1) is 11.3 Å². The molecule has 0 N–H and O–H groups in total. The summed E-state index contributed by atoms with van der Waals surface area (Å²) in [5.41, 5.74) is -1.20. The zero-order valence-corrected chi connectivity index (χ0v) is 10.8. The number of hydrogen-bond acceptors (Lipinski definition) is 5. The third-order valence-electron chi connectivity index (χ3n) is 1.99. The van der Waals surface area contributed by atoms with E-state index in [2.05, 4.69) is 0 Å². The van der Waals surface area contributed by atoms with Gasteiger partial charge in [-0.3, -0.25) is 9.36 Å². The Kier molecular flexibility index (Phi) is 4.43. The quantitative estimate of drug-likeness (QED) is 0.600. The molecule has 0 aromatic carbocycles. The average molecular weight is 257 g/mol. The Hall–Kier alpha value is -0.950. The summed E-state index contributed by atoms with van der Waals surface area (Å²) in [6, 6.07) is 5.11. The van der Waals surface area contributed by atoms with E-state index in [1.807, 2.05) is 0 Å². The monoisotopic (exact) mass is 257 g/mol. The van der Waals surface area contributed by atoms with E-state index in [9.17, 15) is 9.36 Å². The van der Waals surface area contributed by atoms with Crippen LogP contribution in [0.25, 0.3) is 0 Å². The van der Waals surface area contributed by atoms with Crippen LogP contribution in [0.4, 0.5) is 0 Å². The summed E-state index contributed by atoms with van der Waals surface area (Å²) in [6.45, 7) is 3.24. The summed E-state index contributed by atoms with van der Waals surface area (Å²) in [5, 5.41) is 10.7. The molecule has 1 aromatic rings. The number of hydrogen-bond donors (Lipinski definition) is 0. The molecule has 1 heterocycles. The van der Waals surface area contributed by atoms with Crippen molar-refractivity contribution in [3.8, 4) is 6.07 Å². The molecule has 86 valence electrons. The largest absolute Gasteiger partial charge is 0.328 e. The van der Waals surface area contributed by atoms with Gasteiger partial charge in [0.1, 0.15) is 0 Å². The van der Waals surface area contributed by atoms with Crippen LogP contribution in [0.3, 0.4) is 0 Å². The molecule has 0 fully saturated rings. The predicted molar refractivity (Wildman–Crippen MR) is 63.2 cm³/mol. The molecule has 1 aromatic heterocycles. The molecule has 0 saturated carbocycles. The molecular formula is C10H12NO3PS. The fraction of sp³-hybridized carbons (Fsp3) is 0.400. The molecule has 0 aliphatic heterocycles. The highest BCUT2D eigenvalue weighted by Crippen LogP contribution is 2.49. The Balaban J connectivity index is 2.97. The standard InChI is InChI=1S/C10H12NO3PS/c1-3-14-15(2,13)8(7-11)10(12)9-5-4-6-16-9/h4-6,8H,3H2,1-2H3/t8-,15+/m0/s1. The van der Waals surface area contributed by atoms with Gasteiger partial charge >= 0.3 is 0 Å². The number of nitrogens with zero attached hydrogens (tertiary/aromatic N) is 1. The van der Waals surface area contributed by atoms with Crippen LogP contribution >= 0.6 is 18.7 Å². The molecule has 0 aliphatic carbocycles. The second-order valence-corrected chi connectivity index (χ2v) is 6.74. The normalized spacial score (nSPS) is 16.1. The molecular weight excluding hydrogens is 245 g/mol. The summed E-state index contributed by atoms with van der Waals surface area (Å²) in [7, 11) is -3.20. The first-order chi connectivity index (χ1) is 7.53. The lowest BCUT2D eigenvalue weighted by Gasteiger charge is -2.16. The Bertz CT molecular complexity index is 449. The summed E-state index contributed by atoms with van der Waals surface area (Å²) in [6.07, 6.45) is 0. The summed E-state index contributed by atoms with van der Waals surface area (Å²) in [4.78, 5) is 12.3. The van der Waals surface area contributed by atoms with E-state index in [1.165, 1.54) is 18.0 Å². The highest BCUT2D eigenvalue weighted by atomic mass is 32.1. The van der Waals surface area contributed by atoms with E-state index in [0.29, 0.717) is 4.88 Å². The van der Waals surface area contributed by atoms with Gasteiger partial charge in [-0.1, -0.05) is 6.07 Å². The van der Waals surface area contributed by atoms with Crippen molar-refractivity contribution in [3.63, 3.8) is 0 Å². The molecule has 0 amide bonds. The van der Waals surface area contributed by atoms with E-state index < -0.39 is 18.8 Å². The summed E-state index contributed by atoms with van der Waals surface area (Å²) < 4.78 is 17.0. The first-order valence-electron chi connectivity index (χ1n) is 4.72. The zero-order chi connectivity index (χ0) is 12.2. The van der Waals surface area contributed by atoms with Crippen molar-refractivity contribution in [2.75, 3.05) is 13.3 Å². The minimum absolute atomic E-state index is 0.226.